The minimum absolute atomic E-state index is 0.0617. The molecular formula is C28H32O9S2. The van der Waals surface area contributed by atoms with Crippen LogP contribution in [-0.2, 0) is 49.4 Å². The lowest BCUT2D eigenvalue weighted by molar-refractivity contribution is -0.158. The summed E-state index contributed by atoms with van der Waals surface area (Å²) in [4.78, 5) is -0.199. The first-order valence-corrected chi connectivity index (χ1v) is 14.9. The Morgan fingerprint density at radius 3 is 1.82 bits per heavy atom. The van der Waals surface area contributed by atoms with Gasteiger partial charge < -0.3 is 14.2 Å². The van der Waals surface area contributed by atoms with Gasteiger partial charge in [0.2, 0.25) is 0 Å². The first-order chi connectivity index (χ1) is 18.8. The highest BCUT2D eigenvalue weighted by Crippen LogP contribution is 2.24. The fraction of sp³-hybridized carbons (Fsp3) is 0.286. The Hall–Kier alpha value is -2.90. The van der Waals surface area contributed by atoms with E-state index in [1.165, 1.54) is 31.4 Å². The van der Waals surface area contributed by atoms with E-state index < -0.39 is 45.2 Å². The summed E-state index contributed by atoms with van der Waals surface area (Å²) in [6, 6.07) is 24.2. The lowest BCUT2D eigenvalue weighted by Gasteiger charge is -2.32. The van der Waals surface area contributed by atoms with Gasteiger partial charge in [-0.15, -0.1) is 6.58 Å². The molecule has 3 aromatic carbocycles. The van der Waals surface area contributed by atoms with Gasteiger partial charge in [0, 0.05) is 7.11 Å². The van der Waals surface area contributed by atoms with Crippen molar-refractivity contribution in [3.05, 3.63) is 109 Å². The topological polar surface area (TPSA) is 114 Å². The average molecular weight is 577 g/mol. The standard InChI is InChI=1S/C28H32O9S2/c1-3-13-26(35-22-33-2)28(34-20-23-14-7-4-8-15-23)27(37-39(31,32)25-18-11-6-12-19-25)21-36-38(29,30)24-16-9-5-10-17-24/h3-12,14-19,26-28H,1,13,20-22H2,2H3/t26-,27+,28-/m1/s1. The van der Waals surface area contributed by atoms with Crippen LogP contribution in [0.1, 0.15) is 12.0 Å². The largest absolute Gasteiger partial charge is 0.368 e. The van der Waals surface area contributed by atoms with Crippen molar-refractivity contribution in [1.82, 2.24) is 0 Å². The van der Waals surface area contributed by atoms with Gasteiger partial charge in [-0.2, -0.15) is 16.8 Å². The van der Waals surface area contributed by atoms with Gasteiger partial charge >= 0.3 is 0 Å². The number of methoxy groups -OCH3 is 1. The van der Waals surface area contributed by atoms with Gasteiger partial charge in [0.15, 0.2) is 0 Å². The third-order valence-electron chi connectivity index (χ3n) is 5.52. The van der Waals surface area contributed by atoms with E-state index in [-0.39, 0.29) is 29.6 Å². The Labute approximate surface area is 230 Å². The lowest BCUT2D eigenvalue weighted by Crippen LogP contribution is -2.46. The fourth-order valence-electron chi connectivity index (χ4n) is 3.63. The summed E-state index contributed by atoms with van der Waals surface area (Å²) in [5.74, 6) is 0. The Bertz CT molecular complexity index is 1350. The van der Waals surface area contributed by atoms with Crippen LogP contribution in [0.4, 0.5) is 0 Å². The first-order valence-electron chi connectivity index (χ1n) is 12.1. The molecule has 210 valence electrons. The van der Waals surface area contributed by atoms with Crippen LogP contribution in [0.25, 0.3) is 0 Å². The number of benzene rings is 3. The van der Waals surface area contributed by atoms with Crippen LogP contribution in [0.15, 0.2) is 113 Å². The van der Waals surface area contributed by atoms with Crippen LogP contribution in [0.2, 0.25) is 0 Å². The Morgan fingerprint density at radius 1 is 0.744 bits per heavy atom. The van der Waals surface area contributed by atoms with E-state index in [9.17, 15) is 16.8 Å². The van der Waals surface area contributed by atoms with E-state index >= 15 is 0 Å². The Morgan fingerprint density at radius 2 is 1.28 bits per heavy atom. The van der Waals surface area contributed by atoms with E-state index in [2.05, 4.69) is 6.58 Å². The lowest BCUT2D eigenvalue weighted by atomic mass is 10.0. The highest BCUT2D eigenvalue weighted by atomic mass is 32.2. The van der Waals surface area contributed by atoms with Crippen LogP contribution in [0, 0.1) is 0 Å². The van der Waals surface area contributed by atoms with Crippen LogP contribution in [-0.4, -0.2) is 55.7 Å². The maximum Gasteiger partial charge on any atom is 0.297 e. The second-order valence-corrected chi connectivity index (χ2v) is 11.5. The SMILES string of the molecule is C=CC[C@@H](OCOC)[C@@H](OCc1ccccc1)[C@H](COS(=O)(=O)c1ccccc1)OS(=O)(=O)c1ccccc1. The number of ether oxygens (including phenoxy) is 3. The predicted octanol–water partition coefficient (Wildman–Crippen LogP) is 4.32. The van der Waals surface area contributed by atoms with Gasteiger partial charge in [-0.25, -0.2) is 0 Å². The van der Waals surface area contributed by atoms with Crippen molar-refractivity contribution in [2.45, 2.75) is 41.1 Å². The molecule has 0 unspecified atom stereocenters. The van der Waals surface area contributed by atoms with E-state index in [0.717, 1.165) is 5.56 Å². The summed E-state index contributed by atoms with van der Waals surface area (Å²) in [6.07, 6.45) is -1.56. The maximum atomic E-state index is 13.2. The molecule has 3 rings (SSSR count). The first kappa shape index (κ1) is 30.6. The van der Waals surface area contributed by atoms with Crippen molar-refractivity contribution in [3.63, 3.8) is 0 Å². The van der Waals surface area contributed by atoms with Crippen molar-refractivity contribution in [3.8, 4) is 0 Å². The molecule has 0 amide bonds. The molecule has 0 aromatic heterocycles. The molecule has 0 fully saturated rings. The van der Waals surface area contributed by atoms with Crippen molar-refractivity contribution in [2.75, 3.05) is 20.5 Å². The fourth-order valence-corrected chi connectivity index (χ4v) is 5.66. The molecule has 3 atom stereocenters. The molecule has 0 saturated heterocycles. The van der Waals surface area contributed by atoms with E-state index in [0.29, 0.717) is 0 Å². The van der Waals surface area contributed by atoms with Crippen LogP contribution in [0.5, 0.6) is 0 Å². The molecule has 0 aliphatic heterocycles. The minimum Gasteiger partial charge on any atom is -0.368 e. The monoisotopic (exact) mass is 576 g/mol. The summed E-state index contributed by atoms with van der Waals surface area (Å²) < 4.78 is 80.2. The van der Waals surface area contributed by atoms with Crippen molar-refractivity contribution in [1.29, 1.82) is 0 Å². The van der Waals surface area contributed by atoms with E-state index in [4.69, 9.17) is 22.6 Å². The minimum atomic E-state index is -4.36. The molecule has 11 heteroatoms. The summed E-state index contributed by atoms with van der Waals surface area (Å²) >= 11 is 0. The van der Waals surface area contributed by atoms with Crippen LogP contribution >= 0.6 is 0 Å². The molecule has 0 radical (unpaired) electrons. The van der Waals surface area contributed by atoms with Gasteiger partial charge in [-0.1, -0.05) is 72.8 Å². The summed E-state index contributed by atoms with van der Waals surface area (Å²) in [5.41, 5.74) is 0.800. The molecule has 0 bridgehead atoms. The predicted molar refractivity (Wildman–Crippen MR) is 145 cm³/mol. The average Bonchev–Trinajstić information content (AvgIpc) is 2.96. The number of hydrogen-bond donors (Lipinski definition) is 0. The molecule has 3 aromatic rings. The van der Waals surface area contributed by atoms with E-state index in [1.54, 1.807) is 42.5 Å². The smallest absolute Gasteiger partial charge is 0.297 e. The van der Waals surface area contributed by atoms with Gasteiger partial charge in [0.05, 0.1) is 29.1 Å². The summed E-state index contributed by atoms with van der Waals surface area (Å²) in [5, 5.41) is 0. The highest BCUT2D eigenvalue weighted by Gasteiger charge is 2.37. The molecule has 0 aliphatic carbocycles. The van der Waals surface area contributed by atoms with Gasteiger partial charge in [0.1, 0.15) is 19.0 Å². The molecule has 0 heterocycles. The second kappa shape index (κ2) is 15.0. The van der Waals surface area contributed by atoms with Gasteiger partial charge in [-0.3, -0.25) is 8.37 Å². The zero-order valence-corrected chi connectivity index (χ0v) is 23.1. The number of rotatable bonds is 17. The van der Waals surface area contributed by atoms with Gasteiger partial charge in [-0.05, 0) is 36.2 Å². The van der Waals surface area contributed by atoms with E-state index in [1.807, 2.05) is 30.3 Å². The van der Waals surface area contributed by atoms with Crippen molar-refractivity contribution in [2.24, 2.45) is 0 Å². The summed E-state index contributed by atoms with van der Waals surface area (Å²) in [6.45, 7) is 3.01. The van der Waals surface area contributed by atoms with Crippen LogP contribution in [0.3, 0.4) is 0 Å². The molecule has 0 spiro atoms. The normalized spacial score (nSPS) is 14.4. The highest BCUT2D eigenvalue weighted by molar-refractivity contribution is 7.87. The van der Waals surface area contributed by atoms with Crippen LogP contribution < -0.4 is 0 Å². The Kier molecular flexibility index (Phi) is 11.8. The quantitative estimate of drug-likeness (QED) is 0.132. The van der Waals surface area contributed by atoms with Gasteiger partial charge in [0.25, 0.3) is 20.2 Å². The van der Waals surface area contributed by atoms with Crippen molar-refractivity contribution < 1.29 is 39.4 Å². The third-order valence-corrected chi connectivity index (χ3v) is 8.16. The molecule has 0 N–H and O–H groups in total. The molecule has 39 heavy (non-hydrogen) atoms. The summed E-state index contributed by atoms with van der Waals surface area (Å²) in [7, 11) is -7.16. The third kappa shape index (κ3) is 9.36. The van der Waals surface area contributed by atoms with Crippen molar-refractivity contribution >= 4 is 20.2 Å². The zero-order valence-electron chi connectivity index (χ0n) is 21.5. The molecule has 0 aliphatic rings. The molecular weight excluding hydrogens is 544 g/mol. The number of hydrogen-bond acceptors (Lipinski definition) is 9. The Balaban J connectivity index is 1.98. The molecule has 0 saturated carbocycles. The molecule has 9 nitrogen and oxygen atoms in total. The zero-order chi connectivity index (χ0) is 28.1. The second-order valence-electron chi connectivity index (χ2n) is 8.35. The maximum absolute atomic E-state index is 13.2.